The molecule has 0 atom stereocenters. The van der Waals surface area contributed by atoms with E-state index in [0.29, 0.717) is 0 Å². The molecule has 1 rings (SSSR count). The van der Waals surface area contributed by atoms with Crippen molar-refractivity contribution in [3.8, 4) is 0 Å². The number of benzene rings is 1. The molecule has 0 spiro atoms. The highest BCUT2D eigenvalue weighted by Crippen LogP contribution is 2.31. The highest BCUT2D eigenvalue weighted by molar-refractivity contribution is 5.95. The molecule has 0 unspecified atom stereocenters. The maximum Gasteiger partial charge on any atom is 0.342 e. The number of carbonyl (C=O) groups is 2. The van der Waals surface area contributed by atoms with Gasteiger partial charge in [0.15, 0.2) is 0 Å². The summed E-state index contributed by atoms with van der Waals surface area (Å²) < 4.78 is 0. The number of nitro benzene ring substituents is 1. The van der Waals surface area contributed by atoms with E-state index in [9.17, 15) is 19.7 Å². The van der Waals surface area contributed by atoms with Crippen LogP contribution < -0.4 is 10.2 Å². The van der Waals surface area contributed by atoms with Crippen LogP contribution in [0.2, 0.25) is 0 Å². The van der Waals surface area contributed by atoms with Gasteiger partial charge >= 0.3 is 11.7 Å². The second kappa shape index (κ2) is 6.50. The van der Waals surface area contributed by atoms with E-state index in [-0.39, 0.29) is 30.1 Å². The molecule has 0 fully saturated rings. The standard InChI is InChI=1S/C12H15N3O5/c1-13-10(16)6-7-14(2)9-5-3-4-8(12(17)18)11(9)15(19)20/h3-5H,6-7H2,1-2H3,(H,13,16)(H,17,18). The normalized spacial score (nSPS) is 9.90. The summed E-state index contributed by atoms with van der Waals surface area (Å²) in [4.78, 5) is 34.0. The lowest BCUT2D eigenvalue weighted by Crippen LogP contribution is -2.27. The van der Waals surface area contributed by atoms with E-state index < -0.39 is 16.6 Å². The molecule has 0 heterocycles. The number of nitrogens with one attached hydrogen (secondary N) is 1. The van der Waals surface area contributed by atoms with Gasteiger partial charge in [-0.2, -0.15) is 0 Å². The summed E-state index contributed by atoms with van der Waals surface area (Å²) in [7, 11) is 3.06. The van der Waals surface area contributed by atoms with Crippen LogP contribution in [-0.2, 0) is 4.79 Å². The zero-order valence-corrected chi connectivity index (χ0v) is 11.1. The van der Waals surface area contributed by atoms with E-state index >= 15 is 0 Å². The average molecular weight is 281 g/mol. The molecule has 0 saturated heterocycles. The molecule has 20 heavy (non-hydrogen) atoms. The van der Waals surface area contributed by atoms with Gasteiger partial charge in [0.2, 0.25) is 5.91 Å². The number of carboxylic acid groups (broad SMARTS) is 1. The van der Waals surface area contributed by atoms with Gasteiger partial charge < -0.3 is 15.3 Å². The quantitative estimate of drug-likeness (QED) is 0.590. The fraction of sp³-hybridized carbons (Fsp3) is 0.333. The van der Waals surface area contributed by atoms with Crippen LogP contribution in [0.15, 0.2) is 18.2 Å². The van der Waals surface area contributed by atoms with Crippen molar-refractivity contribution >= 4 is 23.3 Å². The first-order valence-electron chi connectivity index (χ1n) is 5.81. The number of anilines is 1. The van der Waals surface area contributed by atoms with Crippen LogP contribution in [0, 0.1) is 10.1 Å². The molecule has 0 aromatic heterocycles. The number of hydrogen-bond acceptors (Lipinski definition) is 5. The second-order valence-electron chi connectivity index (χ2n) is 4.08. The summed E-state index contributed by atoms with van der Waals surface area (Å²) >= 11 is 0. The predicted octanol–water partition coefficient (Wildman–Crippen LogP) is 0.865. The summed E-state index contributed by atoms with van der Waals surface area (Å²) in [5, 5.41) is 22.5. The van der Waals surface area contributed by atoms with Gasteiger partial charge in [0, 0.05) is 27.1 Å². The lowest BCUT2D eigenvalue weighted by atomic mass is 10.1. The molecule has 1 aromatic rings. The van der Waals surface area contributed by atoms with Crippen LogP contribution in [0.25, 0.3) is 0 Å². The van der Waals surface area contributed by atoms with Crippen LogP contribution in [0.5, 0.6) is 0 Å². The number of rotatable bonds is 6. The Balaban J connectivity index is 3.11. The smallest absolute Gasteiger partial charge is 0.342 e. The van der Waals surface area contributed by atoms with Crippen LogP contribution >= 0.6 is 0 Å². The maximum atomic E-state index is 11.2. The molecule has 8 heteroatoms. The van der Waals surface area contributed by atoms with Crippen molar-refractivity contribution in [1.82, 2.24) is 5.32 Å². The van der Waals surface area contributed by atoms with Gasteiger partial charge in [-0.05, 0) is 12.1 Å². The van der Waals surface area contributed by atoms with Crippen molar-refractivity contribution in [3.05, 3.63) is 33.9 Å². The number of amides is 1. The minimum Gasteiger partial charge on any atom is -0.477 e. The van der Waals surface area contributed by atoms with Gasteiger partial charge in [-0.25, -0.2) is 4.79 Å². The summed E-state index contributed by atoms with van der Waals surface area (Å²) in [6.45, 7) is 0.240. The van der Waals surface area contributed by atoms with Crippen molar-refractivity contribution in [2.75, 3.05) is 25.5 Å². The van der Waals surface area contributed by atoms with Gasteiger partial charge in [-0.15, -0.1) is 0 Å². The zero-order chi connectivity index (χ0) is 15.3. The van der Waals surface area contributed by atoms with Gasteiger partial charge in [-0.1, -0.05) is 6.07 Å². The molecule has 2 N–H and O–H groups in total. The largest absolute Gasteiger partial charge is 0.477 e. The fourth-order valence-corrected chi connectivity index (χ4v) is 1.72. The van der Waals surface area contributed by atoms with Gasteiger partial charge in [0.1, 0.15) is 11.3 Å². The fourth-order valence-electron chi connectivity index (χ4n) is 1.72. The first kappa shape index (κ1) is 15.4. The van der Waals surface area contributed by atoms with E-state index in [4.69, 9.17) is 5.11 Å². The van der Waals surface area contributed by atoms with Crippen LogP contribution in [-0.4, -0.2) is 42.5 Å². The maximum absolute atomic E-state index is 11.2. The van der Waals surface area contributed by atoms with E-state index in [1.54, 1.807) is 7.05 Å². The molecule has 0 aliphatic carbocycles. The van der Waals surface area contributed by atoms with Crippen molar-refractivity contribution in [3.63, 3.8) is 0 Å². The predicted molar refractivity (Wildman–Crippen MR) is 72.0 cm³/mol. The molecule has 0 saturated carbocycles. The Morgan fingerprint density at radius 2 is 2.10 bits per heavy atom. The molecule has 1 amide bonds. The molecule has 0 bridgehead atoms. The molecule has 0 radical (unpaired) electrons. The van der Waals surface area contributed by atoms with Crippen LogP contribution in [0.4, 0.5) is 11.4 Å². The lowest BCUT2D eigenvalue weighted by Gasteiger charge is -2.19. The molecule has 0 aliphatic heterocycles. The highest BCUT2D eigenvalue weighted by atomic mass is 16.6. The Kier molecular flexibility index (Phi) is 5.01. The Labute approximate surface area is 115 Å². The minimum absolute atomic E-state index is 0.154. The first-order chi connectivity index (χ1) is 9.38. The third kappa shape index (κ3) is 3.44. The third-order valence-corrected chi connectivity index (χ3v) is 2.79. The molecular formula is C12H15N3O5. The molecule has 0 aliphatic rings. The summed E-state index contributed by atoms with van der Waals surface area (Å²) in [6, 6.07) is 4.06. The number of carboxylic acids is 1. The first-order valence-corrected chi connectivity index (χ1v) is 5.81. The molecule has 108 valence electrons. The highest BCUT2D eigenvalue weighted by Gasteiger charge is 2.26. The Morgan fingerprint density at radius 3 is 2.60 bits per heavy atom. The van der Waals surface area contributed by atoms with Crippen molar-refractivity contribution in [2.24, 2.45) is 0 Å². The van der Waals surface area contributed by atoms with Crippen molar-refractivity contribution in [1.29, 1.82) is 0 Å². The monoisotopic (exact) mass is 281 g/mol. The minimum atomic E-state index is -1.36. The van der Waals surface area contributed by atoms with E-state index in [1.807, 2.05) is 0 Å². The number of hydrogen-bond donors (Lipinski definition) is 2. The average Bonchev–Trinajstić information content (AvgIpc) is 2.43. The SMILES string of the molecule is CNC(=O)CCN(C)c1cccc(C(=O)O)c1[N+](=O)[O-]. The van der Waals surface area contributed by atoms with Crippen molar-refractivity contribution in [2.45, 2.75) is 6.42 Å². The van der Waals surface area contributed by atoms with E-state index in [1.165, 1.54) is 30.1 Å². The number of carbonyl (C=O) groups excluding carboxylic acids is 1. The summed E-state index contributed by atoms with van der Waals surface area (Å²) in [6.07, 6.45) is 0.154. The summed E-state index contributed by atoms with van der Waals surface area (Å²) in [5.41, 5.74) is -0.683. The number of aromatic carboxylic acids is 1. The molecular weight excluding hydrogens is 266 g/mol. The topological polar surface area (TPSA) is 113 Å². The molecule has 8 nitrogen and oxygen atoms in total. The van der Waals surface area contributed by atoms with Crippen LogP contribution in [0.3, 0.4) is 0 Å². The number of nitro groups is 1. The summed E-state index contributed by atoms with van der Waals surface area (Å²) in [5.74, 6) is -1.56. The van der Waals surface area contributed by atoms with Gasteiger partial charge in [-0.3, -0.25) is 14.9 Å². The van der Waals surface area contributed by atoms with Gasteiger partial charge in [0.25, 0.3) is 0 Å². The van der Waals surface area contributed by atoms with E-state index in [2.05, 4.69) is 5.32 Å². The number of nitrogens with zero attached hydrogens (tertiary/aromatic N) is 2. The third-order valence-electron chi connectivity index (χ3n) is 2.79. The molecule has 1 aromatic carbocycles. The van der Waals surface area contributed by atoms with Gasteiger partial charge in [0.05, 0.1) is 4.92 Å². The Bertz CT molecular complexity index is 544. The van der Waals surface area contributed by atoms with Crippen molar-refractivity contribution < 1.29 is 19.6 Å². The zero-order valence-electron chi connectivity index (χ0n) is 11.1. The Morgan fingerprint density at radius 1 is 1.45 bits per heavy atom. The number of para-hydroxylation sites is 1. The van der Waals surface area contributed by atoms with E-state index in [0.717, 1.165) is 0 Å². The Hall–Kier alpha value is -2.64. The lowest BCUT2D eigenvalue weighted by molar-refractivity contribution is -0.384. The second-order valence-corrected chi connectivity index (χ2v) is 4.08. The van der Waals surface area contributed by atoms with Crippen LogP contribution in [0.1, 0.15) is 16.8 Å².